The van der Waals surface area contributed by atoms with Gasteiger partial charge in [-0.25, -0.2) is 4.79 Å². The second-order valence-corrected chi connectivity index (χ2v) is 6.14. The highest BCUT2D eigenvalue weighted by Gasteiger charge is 2.35. The number of carboxylic acid groups (broad SMARTS) is 1. The van der Waals surface area contributed by atoms with Gasteiger partial charge in [0.05, 0.1) is 12.0 Å². The van der Waals surface area contributed by atoms with Gasteiger partial charge >= 0.3 is 5.97 Å². The number of aromatic carboxylic acids is 1. The summed E-state index contributed by atoms with van der Waals surface area (Å²) in [4.78, 5) is 23.2. The monoisotopic (exact) mass is 275 g/mol. The quantitative estimate of drug-likeness (QED) is 0.887. The first-order valence-electron chi connectivity index (χ1n) is 7.01. The summed E-state index contributed by atoms with van der Waals surface area (Å²) in [6, 6.07) is 6.85. The molecule has 0 spiro atoms. The van der Waals surface area contributed by atoms with Crippen LogP contribution in [-0.2, 0) is 11.2 Å². The molecule has 4 nitrogen and oxygen atoms in total. The molecule has 2 rings (SSSR count). The van der Waals surface area contributed by atoms with Crippen LogP contribution >= 0.6 is 0 Å². The van der Waals surface area contributed by atoms with E-state index >= 15 is 0 Å². The maximum atomic E-state index is 12.1. The molecule has 20 heavy (non-hydrogen) atoms. The van der Waals surface area contributed by atoms with Gasteiger partial charge in [-0.3, -0.25) is 4.79 Å². The number of carboxylic acids is 1. The van der Waals surface area contributed by atoms with E-state index in [2.05, 4.69) is 19.2 Å². The highest BCUT2D eigenvalue weighted by atomic mass is 16.4. The lowest BCUT2D eigenvalue weighted by Gasteiger charge is -2.27. The van der Waals surface area contributed by atoms with Crippen LogP contribution in [0.3, 0.4) is 0 Å². The van der Waals surface area contributed by atoms with Gasteiger partial charge in [-0.15, -0.1) is 0 Å². The van der Waals surface area contributed by atoms with Crippen LogP contribution in [0.25, 0.3) is 0 Å². The maximum absolute atomic E-state index is 12.1. The van der Waals surface area contributed by atoms with E-state index in [1.165, 1.54) is 6.07 Å². The van der Waals surface area contributed by atoms with E-state index in [4.69, 9.17) is 5.11 Å². The van der Waals surface area contributed by atoms with Crippen molar-refractivity contribution < 1.29 is 14.7 Å². The number of rotatable bonds is 4. The Morgan fingerprint density at radius 3 is 2.65 bits per heavy atom. The van der Waals surface area contributed by atoms with Crippen LogP contribution in [-0.4, -0.2) is 23.0 Å². The topological polar surface area (TPSA) is 66.4 Å². The molecule has 0 aliphatic heterocycles. The number of carbonyl (C=O) groups excluding carboxylic acids is 1. The number of amides is 1. The van der Waals surface area contributed by atoms with Crippen molar-refractivity contribution in [1.82, 2.24) is 5.32 Å². The Bertz CT molecular complexity index is 522. The number of hydrogen-bond acceptors (Lipinski definition) is 2. The van der Waals surface area contributed by atoms with Gasteiger partial charge in [-0.1, -0.05) is 38.5 Å². The van der Waals surface area contributed by atoms with Crippen molar-refractivity contribution in [3.8, 4) is 0 Å². The molecule has 1 atom stereocenters. The summed E-state index contributed by atoms with van der Waals surface area (Å²) < 4.78 is 0. The van der Waals surface area contributed by atoms with Crippen LogP contribution in [0.4, 0.5) is 0 Å². The fourth-order valence-electron chi connectivity index (χ4n) is 2.90. The van der Waals surface area contributed by atoms with E-state index in [9.17, 15) is 9.59 Å². The van der Waals surface area contributed by atoms with Crippen LogP contribution in [0, 0.1) is 5.41 Å². The molecule has 1 fully saturated rings. The van der Waals surface area contributed by atoms with Gasteiger partial charge in [-0.2, -0.15) is 0 Å². The van der Waals surface area contributed by atoms with Crippen LogP contribution < -0.4 is 5.32 Å². The molecule has 1 saturated carbocycles. The summed E-state index contributed by atoms with van der Waals surface area (Å²) >= 11 is 0. The molecule has 0 aromatic heterocycles. The molecule has 1 aliphatic carbocycles. The molecule has 4 heteroatoms. The Labute approximate surface area is 119 Å². The predicted molar refractivity (Wildman–Crippen MR) is 76.7 cm³/mol. The molecule has 0 saturated heterocycles. The largest absolute Gasteiger partial charge is 0.478 e. The molecule has 1 aliphatic rings. The average Bonchev–Trinajstić information content (AvgIpc) is 2.69. The summed E-state index contributed by atoms with van der Waals surface area (Å²) in [5, 5.41) is 12.2. The maximum Gasteiger partial charge on any atom is 0.335 e. The minimum atomic E-state index is -0.991. The zero-order chi connectivity index (χ0) is 14.8. The molecule has 108 valence electrons. The minimum absolute atomic E-state index is 0.0984. The van der Waals surface area contributed by atoms with Crippen molar-refractivity contribution in [1.29, 1.82) is 0 Å². The average molecular weight is 275 g/mol. The van der Waals surface area contributed by atoms with Gasteiger partial charge in [0, 0.05) is 6.04 Å². The number of benzene rings is 1. The van der Waals surface area contributed by atoms with Crippen LogP contribution in [0.5, 0.6) is 0 Å². The van der Waals surface area contributed by atoms with Crippen LogP contribution in [0.1, 0.15) is 49.0 Å². The molecule has 1 unspecified atom stereocenters. The fourth-order valence-corrected chi connectivity index (χ4v) is 2.90. The van der Waals surface area contributed by atoms with Crippen molar-refractivity contribution in [2.45, 2.75) is 45.6 Å². The zero-order valence-electron chi connectivity index (χ0n) is 12.0. The Morgan fingerprint density at radius 2 is 2.05 bits per heavy atom. The Hall–Kier alpha value is -1.84. The summed E-state index contributed by atoms with van der Waals surface area (Å²) in [7, 11) is 0. The molecule has 1 aromatic rings. The van der Waals surface area contributed by atoms with Gasteiger partial charge in [0.1, 0.15) is 0 Å². The Morgan fingerprint density at radius 1 is 1.35 bits per heavy atom. The normalized spacial score (nSPS) is 20.6. The minimum Gasteiger partial charge on any atom is -0.478 e. The second-order valence-electron chi connectivity index (χ2n) is 6.14. The highest BCUT2D eigenvalue weighted by Crippen LogP contribution is 2.37. The summed E-state index contributed by atoms with van der Waals surface area (Å²) in [5.74, 6) is -1.09. The first-order chi connectivity index (χ1) is 9.40. The van der Waals surface area contributed by atoms with Gasteiger partial charge < -0.3 is 10.4 Å². The summed E-state index contributed by atoms with van der Waals surface area (Å²) in [6.07, 6.45) is 3.36. The van der Waals surface area contributed by atoms with Crippen LogP contribution in [0.15, 0.2) is 24.3 Å². The van der Waals surface area contributed by atoms with Crippen molar-refractivity contribution in [2.24, 2.45) is 5.41 Å². The lowest BCUT2D eigenvalue weighted by molar-refractivity contribution is -0.121. The van der Waals surface area contributed by atoms with Gasteiger partial charge in [0.25, 0.3) is 0 Å². The molecule has 0 radical (unpaired) electrons. The standard InChI is InChI=1S/C16H21NO3/c1-16(2)9-5-8-13(16)17-14(18)10-11-6-3-4-7-12(11)15(19)20/h3-4,6-7,13H,5,8-10H2,1-2H3,(H,17,18)(H,19,20). The fraction of sp³-hybridized carbons (Fsp3) is 0.500. The van der Waals surface area contributed by atoms with Crippen molar-refractivity contribution in [2.75, 3.05) is 0 Å². The number of nitrogens with one attached hydrogen (secondary N) is 1. The predicted octanol–water partition coefficient (Wildman–Crippen LogP) is 2.62. The van der Waals surface area contributed by atoms with E-state index in [0.717, 1.165) is 19.3 Å². The lowest BCUT2D eigenvalue weighted by atomic mass is 9.87. The summed E-state index contributed by atoms with van der Waals surface area (Å²) in [5.41, 5.74) is 0.892. The number of carbonyl (C=O) groups is 2. The van der Waals surface area contributed by atoms with Crippen molar-refractivity contribution in [3.05, 3.63) is 35.4 Å². The van der Waals surface area contributed by atoms with Gasteiger partial charge in [0.15, 0.2) is 0 Å². The molecule has 0 heterocycles. The van der Waals surface area contributed by atoms with Gasteiger partial charge in [-0.05, 0) is 29.9 Å². The molecule has 1 aromatic carbocycles. The Balaban J connectivity index is 2.04. The highest BCUT2D eigenvalue weighted by molar-refractivity contribution is 5.91. The van der Waals surface area contributed by atoms with Crippen molar-refractivity contribution >= 4 is 11.9 Å². The smallest absolute Gasteiger partial charge is 0.335 e. The molecular formula is C16H21NO3. The molecule has 1 amide bonds. The van der Waals surface area contributed by atoms with E-state index in [0.29, 0.717) is 5.56 Å². The first-order valence-corrected chi connectivity index (χ1v) is 7.01. The number of hydrogen-bond donors (Lipinski definition) is 2. The van der Waals surface area contributed by atoms with Gasteiger partial charge in [0.2, 0.25) is 5.91 Å². The van der Waals surface area contributed by atoms with E-state index in [-0.39, 0.29) is 29.3 Å². The SMILES string of the molecule is CC1(C)CCCC1NC(=O)Cc1ccccc1C(=O)O. The van der Waals surface area contributed by atoms with E-state index < -0.39 is 5.97 Å². The Kier molecular flexibility index (Phi) is 4.12. The molecular weight excluding hydrogens is 254 g/mol. The van der Waals surface area contributed by atoms with Crippen LogP contribution in [0.2, 0.25) is 0 Å². The third-order valence-electron chi connectivity index (χ3n) is 4.19. The second kappa shape index (κ2) is 5.65. The molecule has 0 bridgehead atoms. The zero-order valence-corrected chi connectivity index (χ0v) is 12.0. The summed E-state index contributed by atoms with van der Waals surface area (Å²) in [6.45, 7) is 4.33. The lowest BCUT2D eigenvalue weighted by Crippen LogP contribution is -2.42. The third-order valence-corrected chi connectivity index (χ3v) is 4.19. The van der Waals surface area contributed by atoms with Crippen molar-refractivity contribution in [3.63, 3.8) is 0 Å². The third kappa shape index (κ3) is 3.18. The first kappa shape index (κ1) is 14.6. The van der Waals surface area contributed by atoms with E-state index in [1.54, 1.807) is 18.2 Å². The molecule has 2 N–H and O–H groups in total. The van der Waals surface area contributed by atoms with E-state index in [1.807, 2.05) is 0 Å².